The van der Waals surface area contributed by atoms with Crippen molar-refractivity contribution < 1.29 is 24.2 Å². The minimum atomic E-state index is -1.08. The van der Waals surface area contributed by atoms with Crippen LogP contribution in [0.15, 0.2) is 60.7 Å². The molecule has 0 aliphatic heterocycles. The number of hydrogen-bond donors (Lipinski definition) is 4. The van der Waals surface area contributed by atoms with Crippen LogP contribution in [0.4, 0.5) is 17.2 Å². The van der Waals surface area contributed by atoms with Crippen LogP contribution in [0, 0.1) is 12.3 Å². The number of phenols is 1. The monoisotopic (exact) mass is 530 g/mol. The Morgan fingerprint density at radius 3 is 2.24 bits per heavy atom. The Kier molecular flexibility index (Phi) is 6.55. The first-order valence-electron chi connectivity index (χ1n) is 11.9. The first kappa shape index (κ1) is 25.3. The van der Waals surface area contributed by atoms with Crippen molar-refractivity contribution >= 4 is 54.5 Å². The summed E-state index contributed by atoms with van der Waals surface area (Å²) in [7, 11) is 4.04. The third-order valence-corrected chi connectivity index (χ3v) is 6.96. The number of phenolic OH excluding ortho intramolecular Hbond substituents is 1. The zero-order valence-electron chi connectivity index (χ0n) is 20.9. The topological polar surface area (TPSA) is 136 Å². The van der Waals surface area contributed by atoms with E-state index in [9.17, 15) is 14.7 Å². The van der Waals surface area contributed by atoms with Crippen molar-refractivity contribution in [3.05, 3.63) is 66.2 Å². The minimum absolute atomic E-state index is 0.0585. The van der Waals surface area contributed by atoms with E-state index in [0.29, 0.717) is 51.9 Å². The third kappa shape index (κ3) is 4.93. The van der Waals surface area contributed by atoms with Gasteiger partial charge in [0, 0.05) is 34.2 Å². The van der Waals surface area contributed by atoms with Crippen molar-refractivity contribution in [3.8, 4) is 23.0 Å². The van der Waals surface area contributed by atoms with Gasteiger partial charge in [-0.25, -0.2) is 4.98 Å². The molecule has 1 saturated carbocycles. The normalized spacial score (nSPS) is 13.6. The lowest BCUT2D eigenvalue weighted by molar-refractivity contribution is -0.131. The van der Waals surface area contributed by atoms with Crippen LogP contribution in [-0.2, 0) is 9.59 Å². The molecule has 5 N–H and O–H groups in total. The molecule has 1 unspecified atom stereocenters. The van der Waals surface area contributed by atoms with Crippen LogP contribution in [0.3, 0.4) is 0 Å². The molecule has 0 saturated heterocycles. The summed E-state index contributed by atoms with van der Waals surface area (Å²) >= 11 is 0. The third-order valence-electron chi connectivity index (χ3n) is 6.51. The molecule has 2 amide bonds. The molecular weight excluding hydrogens is 503 g/mol. The fourth-order valence-corrected chi connectivity index (χ4v) is 4.47. The summed E-state index contributed by atoms with van der Waals surface area (Å²) in [5.41, 5.74) is 7.60. The van der Waals surface area contributed by atoms with Gasteiger partial charge in [0.15, 0.2) is 11.5 Å². The number of aromatic hydroxyl groups is 1. The number of nitrogens with zero attached hydrogens (tertiary/aromatic N) is 1. The molecule has 194 valence electrons. The van der Waals surface area contributed by atoms with E-state index in [4.69, 9.17) is 15.2 Å². The van der Waals surface area contributed by atoms with Gasteiger partial charge in [-0.05, 0) is 56.2 Å². The number of carbonyl (C=O) groups excluding carboxylic acids is 2. The highest BCUT2D eigenvalue weighted by Crippen LogP contribution is 2.47. The molecule has 0 bridgehead atoms. The van der Waals surface area contributed by atoms with Crippen LogP contribution < -0.4 is 31.1 Å². The zero-order chi connectivity index (χ0) is 27.0. The lowest BCUT2D eigenvalue weighted by atomic mass is 10.0. The fourth-order valence-electron chi connectivity index (χ4n) is 4.14. The van der Waals surface area contributed by atoms with Crippen molar-refractivity contribution in [2.24, 2.45) is 5.41 Å². The lowest BCUT2D eigenvalue weighted by Gasteiger charge is -2.17. The number of anilines is 3. The smallest absolute Gasteiger partial charge is 0.240 e. The molecule has 4 aromatic rings. The standard InChI is InChI=1S/C28H27N4O5P/c1-15-3-5-16(6-4-15)30-26(34)28(9-10-28)27(35)31-17-7-8-21(24(38)11-17)37-22-14-25(29)32-19-13-20(33)23(36-2)12-18(19)22/h3-8,11-14,33H,9-10,38H2,1-2H3,(H2,29,32)(H,30,34)(H,31,35). The SMILES string of the molecule is COc1cc2c(Oc3ccc(NC(=O)C4(C(=O)Nc5ccc(C)cc5)CC4)cc3P)cc(N)nc2cc1O. The highest BCUT2D eigenvalue weighted by atomic mass is 31.0. The summed E-state index contributed by atoms with van der Waals surface area (Å²) in [5, 5.41) is 17.1. The predicted octanol–water partition coefficient (Wildman–Crippen LogP) is 4.49. The van der Waals surface area contributed by atoms with Crippen LogP contribution >= 0.6 is 9.24 Å². The molecule has 0 spiro atoms. The lowest BCUT2D eigenvalue weighted by Crippen LogP contribution is -2.35. The van der Waals surface area contributed by atoms with Crippen molar-refractivity contribution in [2.45, 2.75) is 19.8 Å². The van der Waals surface area contributed by atoms with Crippen molar-refractivity contribution in [1.82, 2.24) is 4.98 Å². The van der Waals surface area contributed by atoms with Gasteiger partial charge in [-0.15, -0.1) is 9.24 Å². The number of aromatic nitrogens is 1. The number of amides is 2. The highest BCUT2D eigenvalue weighted by Gasteiger charge is 2.56. The van der Waals surface area contributed by atoms with Gasteiger partial charge >= 0.3 is 0 Å². The van der Waals surface area contributed by atoms with Gasteiger partial charge < -0.3 is 30.9 Å². The maximum Gasteiger partial charge on any atom is 0.240 e. The van der Waals surface area contributed by atoms with Crippen LogP contribution in [0.2, 0.25) is 0 Å². The summed E-state index contributed by atoms with van der Waals surface area (Å²) < 4.78 is 11.4. The number of nitrogens with two attached hydrogens (primary N) is 1. The van der Waals surface area contributed by atoms with E-state index in [2.05, 4.69) is 24.9 Å². The van der Waals surface area contributed by atoms with E-state index in [1.165, 1.54) is 13.2 Å². The number of benzene rings is 3. The summed E-state index contributed by atoms with van der Waals surface area (Å²) in [6.07, 6.45) is 0.974. The first-order chi connectivity index (χ1) is 18.2. The molecule has 0 radical (unpaired) electrons. The molecular formula is C28H27N4O5P. The molecule has 1 fully saturated rings. The van der Waals surface area contributed by atoms with Gasteiger partial charge in [0.05, 0.1) is 12.6 Å². The Balaban J connectivity index is 1.32. The van der Waals surface area contributed by atoms with E-state index < -0.39 is 5.41 Å². The second kappa shape index (κ2) is 9.84. The van der Waals surface area contributed by atoms with Gasteiger partial charge in [-0.2, -0.15) is 0 Å². The number of nitrogen functional groups attached to an aromatic ring is 1. The number of nitrogens with one attached hydrogen (secondary N) is 2. The highest BCUT2D eigenvalue weighted by molar-refractivity contribution is 7.27. The van der Waals surface area contributed by atoms with E-state index in [1.807, 2.05) is 31.2 Å². The quantitative estimate of drug-likeness (QED) is 0.204. The molecule has 1 atom stereocenters. The Hall–Kier alpha value is -4.36. The Morgan fingerprint density at radius 1 is 0.947 bits per heavy atom. The predicted molar refractivity (Wildman–Crippen MR) is 150 cm³/mol. The second-order valence-corrected chi connectivity index (χ2v) is 9.92. The summed E-state index contributed by atoms with van der Waals surface area (Å²) in [6, 6.07) is 17.3. The molecule has 1 aromatic heterocycles. The number of hydrogen-bond acceptors (Lipinski definition) is 7. The van der Waals surface area contributed by atoms with Crippen LogP contribution in [0.25, 0.3) is 10.9 Å². The Bertz CT molecular complexity index is 1570. The summed E-state index contributed by atoms with van der Waals surface area (Å²) in [4.78, 5) is 30.2. The van der Waals surface area contributed by atoms with Gasteiger partial charge in [-0.1, -0.05) is 17.7 Å². The van der Waals surface area contributed by atoms with Crippen LogP contribution in [0.1, 0.15) is 18.4 Å². The first-order valence-corrected chi connectivity index (χ1v) is 12.5. The summed E-state index contributed by atoms with van der Waals surface area (Å²) in [5.74, 6) is 0.718. The Morgan fingerprint density at radius 2 is 1.61 bits per heavy atom. The van der Waals surface area contributed by atoms with Crippen molar-refractivity contribution in [1.29, 1.82) is 0 Å². The van der Waals surface area contributed by atoms with Gasteiger partial charge in [0.1, 0.15) is 22.7 Å². The molecule has 5 rings (SSSR count). The largest absolute Gasteiger partial charge is 0.504 e. The molecule has 9 nitrogen and oxygen atoms in total. The van der Waals surface area contributed by atoms with Crippen molar-refractivity contribution in [2.75, 3.05) is 23.5 Å². The number of aryl methyl sites for hydroxylation is 1. The fraction of sp³-hybridized carbons (Fsp3) is 0.179. The minimum Gasteiger partial charge on any atom is -0.504 e. The maximum absolute atomic E-state index is 13.1. The average molecular weight is 531 g/mol. The molecule has 10 heteroatoms. The Labute approximate surface area is 221 Å². The van der Waals surface area contributed by atoms with Crippen LogP contribution in [0.5, 0.6) is 23.0 Å². The molecule has 1 aliphatic rings. The molecule has 3 aromatic carbocycles. The summed E-state index contributed by atoms with van der Waals surface area (Å²) in [6.45, 7) is 1.97. The number of fused-ring (bicyclic) bond motifs is 1. The van der Waals surface area contributed by atoms with E-state index in [1.54, 1.807) is 30.3 Å². The average Bonchev–Trinajstić information content (AvgIpc) is 3.69. The number of carbonyl (C=O) groups is 2. The number of methoxy groups -OCH3 is 1. The maximum atomic E-state index is 13.1. The molecule has 38 heavy (non-hydrogen) atoms. The van der Waals surface area contributed by atoms with Gasteiger partial charge in [0.2, 0.25) is 11.8 Å². The number of rotatable bonds is 7. The van der Waals surface area contributed by atoms with E-state index >= 15 is 0 Å². The van der Waals surface area contributed by atoms with E-state index in [0.717, 1.165) is 5.56 Å². The number of pyridine rings is 1. The van der Waals surface area contributed by atoms with E-state index in [-0.39, 0.29) is 29.1 Å². The van der Waals surface area contributed by atoms with Crippen LogP contribution in [-0.4, -0.2) is 29.0 Å². The van der Waals surface area contributed by atoms with Gasteiger partial charge in [-0.3, -0.25) is 9.59 Å². The molecule has 1 heterocycles. The zero-order valence-corrected chi connectivity index (χ0v) is 22.0. The number of ether oxygens (including phenoxy) is 2. The second-order valence-electron chi connectivity index (χ2n) is 9.30. The van der Waals surface area contributed by atoms with Gasteiger partial charge in [0.25, 0.3) is 0 Å². The van der Waals surface area contributed by atoms with Crippen molar-refractivity contribution in [3.63, 3.8) is 0 Å². The molecule has 1 aliphatic carbocycles.